The molecule has 10 atom stereocenters. The lowest BCUT2D eigenvalue weighted by molar-refractivity contribution is -0.131. The van der Waals surface area contributed by atoms with Crippen molar-refractivity contribution >= 4 is 144 Å². The van der Waals surface area contributed by atoms with E-state index in [1.807, 2.05) is 97.7 Å². The zero-order valence-electron chi connectivity index (χ0n) is 47.0. The van der Waals surface area contributed by atoms with Crippen LogP contribution >= 0.6 is 64.9 Å². The highest BCUT2D eigenvalue weighted by atomic mass is 127. The number of hydrogen-bond donors (Lipinski definition) is 7. The van der Waals surface area contributed by atoms with Gasteiger partial charge in [-0.2, -0.15) is 4.99 Å². The third-order valence-electron chi connectivity index (χ3n) is 10.7. The number of anilines is 1. The molecule has 4 rings (SSSR count). The number of para-hydroxylation sites is 2. The Balaban J connectivity index is 0. The van der Waals surface area contributed by atoms with Crippen LogP contribution in [-0.2, 0) is 43.2 Å². The Morgan fingerprint density at radius 1 is 0.675 bits per heavy atom. The lowest BCUT2D eigenvalue weighted by Gasteiger charge is -2.18. The van der Waals surface area contributed by atoms with Crippen molar-refractivity contribution in [3.05, 3.63) is 96.6 Å². The van der Waals surface area contributed by atoms with Crippen LogP contribution < -0.4 is 43.0 Å². The smallest absolute Gasteiger partial charge is 0.255 e. The van der Waals surface area contributed by atoms with E-state index in [9.17, 15) is 43.2 Å². The molecule has 0 radical (unpaired) electrons. The molecule has 3 aromatic carbocycles. The summed E-state index contributed by atoms with van der Waals surface area (Å²) in [7, 11) is 0. The fourth-order valence-electron chi connectivity index (χ4n) is 5.44. The number of thiocarbonyl (C=S) groups is 3. The number of nitrogens with zero attached hydrogens (tertiary/aromatic N) is 2. The third-order valence-corrected chi connectivity index (χ3v) is 11.4. The van der Waals surface area contributed by atoms with Crippen molar-refractivity contribution in [3.8, 4) is 0 Å². The normalized spacial score (nSPS) is 15.6. The van der Waals surface area contributed by atoms with Gasteiger partial charge in [0, 0.05) is 30.2 Å². The second kappa shape index (κ2) is 40.7. The molecule has 9 N–H and O–H groups in total. The van der Waals surface area contributed by atoms with Gasteiger partial charge in [-0.3, -0.25) is 48.1 Å². The largest absolute Gasteiger partial charge is 0.366 e. The molecule has 1 aliphatic rings. The zero-order valence-corrected chi connectivity index (χ0v) is 51.5. The van der Waals surface area contributed by atoms with E-state index in [0.29, 0.717) is 10.1 Å². The number of isothiocyanates is 1. The van der Waals surface area contributed by atoms with Gasteiger partial charge in [0.15, 0.2) is 28.2 Å². The number of ketones is 5. The highest BCUT2D eigenvalue weighted by Crippen LogP contribution is 2.19. The van der Waals surface area contributed by atoms with Crippen molar-refractivity contribution in [2.24, 2.45) is 28.3 Å². The number of Topliss-reactive ketones (excluding diaryl/α,β-unsaturated/α-hetero) is 5. The van der Waals surface area contributed by atoms with Crippen molar-refractivity contribution in [2.75, 3.05) is 11.6 Å². The Hall–Kier alpha value is -5.45. The van der Waals surface area contributed by atoms with E-state index < -0.39 is 54.3 Å². The molecule has 0 spiro atoms. The third kappa shape index (κ3) is 32.1. The van der Waals surface area contributed by atoms with Gasteiger partial charge in [0.25, 0.3) is 5.91 Å². The monoisotopic (exact) mass is 1250 g/mol. The van der Waals surface area contributed by atoms with E-state index in [-0.39, 0.29) is 71.4 Å². The summed E-state index contributed by atoms with van der Waals surface area (Å²) in [4.78, 5) is 108. The number of nitrogens with one attached hydrogen (secondary N) is 5. The Bertz CT molecular complexity index is 2490. The summed E-state index contributed by atoms with van der Waals surface area (Å²) in [6, 6.07) is 25.0. The van der Waals surface area contributed by atoms with Crippen molar-refractivity contribution in [1.82, 2.24) is 26.6 Å². The minimum absolute atomic E-state index is 0.00111. The summed E-state index contributed by atoms with van der Waals surface area (Å²) in [5.74, 6) is -2.42. The van der Waals surface area contributed by atoms with Gasteiger partial charge < -0.3 is 38.1 Å². The molecule has 1 saturated heterocycles. The lowest BCUT2D eigenvalue weighted by atomic mass is 9.99. The lowest BCUT2D eigenvalue weighted by Crippen LogP contribution is -2.45. The van der Waals surface area contributed by atoms with Crippen LogP contribution in [0.2, 0.25) is 0 Å². The van der Waals surface area contributed by atoms with Crippen molar-refractivity contribution < 1.29 is 43.2 Å². The Kier molecular flexibility index (Phi) is 37.8. The van der Waals surface area contributed by atoms with Gasteiger partial charge in [0.05, 0.1) is 54.1 Å². The molecule has 422 valence electrons. The van der Waals surface area contributed by atoms with Crippen LogP contribution in [-0.4, -0.2) is 118 Å². The molecular weight excluding hydrogens is 1170 g/mol. The average Bonchev–Trinajstić information content (AvgIpc) is 3.63. The fraction of sp³-hybridized carbons (Fsp3) is 0.444. The minimum atomic E-state index is -0.559. The predicted molar refractivity (Wildman–Crippen MR) is 329 cm³/mol. The molecule has 1 aliphatic heterocycles. The Labute approximate surface area is 486 Å². The van der Waals surface area contributed by atoms with E-state index in [1.54, 1.807) is 62.3 Å². The number of halogens is 1. The van der Waals surface area contributed by atoms with Crippen LogP contribution in [0.5, 0.6) is 0 Å². The van der Waals surface area contributed by atoms with Gasteiger partial charge in [-0.25, -0.2) is 0 Å². The summed E-state index contributed by atoms with van der Waals surface area (Å²) in [5, 5.41) is 16.3. The van der Waals surface area contributed by atoms with E-state index >= 15 is 0 Å². The number of benzene rings is 3. The van der Waals surface area contributed by atoms with Gasteiger partial charge in [-0.05, 0) is 125 Å². The first-order valence-electron chi connectivity index (χ1n) is 24.8. The van der Waals surface area contributed by atoms with E-state index in [2.05, 4.69) is 71.0 Å². The summed E-state index contributed by atoms with van der Waals surface area (Å²) in [5.41, 5.74) is 13.2. The quantitative estimate of drug-likeness (QED) is 0.0280. The number of amides is 4. The summed E-state index contributed by atoms with van der Waals surface area (Å²) >= 11 is 16.8. The Morgan fingerprint density at radius 2 is 1.05 bits per heavy atom. The van der Waals surface area contributed by atoms with Gasteiger partial charge >= 0.3 is 0 Å². The molecule has 0 bridgehead atoms. The SMILES string of the molecule is CC(=O)C(C)NC(=O)C(C)CC(=O)C(C)N.CC(=O)C(C)NC(=O)C(C)CC(=O)C(C)NC(=S)c1ccccc1.CC(=O)C(C)NC(=O)C(C)N.CC1NC(=S)N(c2ccccc2)C1=O.S=C=Nc1ccccc1.[3H]P(C)I. The number of aliphatic imine (C=N–C) groups is 1. The highest BCUT2D eigenvalue weighted by Gasteiger charge is 2.33. The molecule has 10 unspecified atom stereocenters. The van der Waals surface area contributed by atoms with Crippen LogP contribution in [0.15, 0.2) is 96.0 Å². The molecule has 0 aromatic heterocycles. The summed E-state index contributed by atoms with van der Waals surface area (Å²) in [6.07, 6.45) is -0.210. The molecular formula is C54H77IN9O9PS3. The summed E-state index contributed by atoms with van der Waals surface area (Å²) < 4.78 is 6.63. The average molecular weight is 1250 g/mol. The second-order valence-electron chi connectivity index (χ2n) is 17.7. The van der Waals surface area contributed by atoms with Gasteiger partial charge in [-0.15, -0.1) is 0 Å². The van der Waals surface area contributed by atoms with Crippen molar-refractivity contribution in [3.63, 3.8) is 0 Å². The molecule has 1 heterocycles. The molecule has 1 fully saturated rings. The van der Waals surface area contributed by atoms with Gasteiger partial charge in [0.2, 0.25) is 17.7 Å². The first kappa shape index (κ1) is 71.5. The minimum Gasteiger partial charge on any atom is -0.366 e. The standard InChI is InChI=1S/C18H24N2O3S.C11H20N2O3.C10H10N2OS.C7H14N2O2.C7H5NS.CH4IP/c1-11(17(23)19-12(2)14(4)21)10-16(22)13(3)20-18(24)15-8-6-5-7-9-15;1-6(5-10(15)7(2)12)11(16)13-8(3)9(4)14;1-7-9(13)12(10(14)11-7)8-5-3-2-4-6-8;1-4(8)7(11)9-5(2)6(3)10;9-6-8-7-4-2-1-3-5-7;1-3-2/h5-9,11-13H,10H2,1-4H3,(H,19,23)(H,20,24);6-8H,5,12H2,1-4H3,(H,13,16);2-7H,1H3,(H,11,14);4-5H,8H2,1-3H3,(H,9,11);1-5H;3H,1H3/i;;;;;3T. The maximum Gasteiger partial charge on any atom is 0.255 e. The van der Waals surface area contributed by atoms with E-state index in [1.165, 1.54) is 25.7 Å². The first-order chi connectivity index (χ1) is 36.3. The fourth-order valence-corrected chi connectivity index (χ4v) is 6.24. The van der Waals surface area contributed by atoms with Gasteiger partial charge in [0.1, 0.15) is 16.8 Å². The van der Waals surface area contributed by atoms with E-state index in [4.69, 9.17) is 37.2 Å². The number of carbonyl (C=O) groups is 9. The molecule has 3 aromatic rings. The van der Waals surface area contributed by atoms with Gasteiger partial charge in [-0.1, -0.05) is 121 Å². The topological polar surface area (TPSA) is 281 Å². The van der Waals surface area contributed by atoms with Crippen molar-refractivity contribution in [1.29, 1.82) is 1.28 Å². The predicted octanol–water partition coefficient (Wildman–Crippen LogP) is 6.84. The second-order valence-corrected chi connectivity index (χ2v) is 21.9. The van der Waals surface area contributed by atoms with Crippen LogP contribution in [0.3, 0.4) is 0 Å². The number of nitrogens with two attached hydrogens (primary N) is 2. The van der Waals surface area contributed by atoms with Crippen LogP contribution in [0.4, 0.5) is 11.4 Å². The molecule has 0 aliphatic carbocycles. The summed E-state index contributed by atoms with van der Waals surface area (Å²) in [6.45, 7) is 21.0. The van der Waals surface area contributed by atoms with Crippen LogP contribution in [0, 0.1) is 11.8 Å². The first-order valence-corrected chi connectivity index (χ1v) is 29.7. The number of rotatable bonds is 19. The molecule has 77 heavy (non-hydrogen) atoms. The molecule has 0 saturated carbocycles. The molecule has 18 nitrogen and oxygen atoms in total. The zero-order chi connectivity index (χ0) is 60.4. The maximum absolute atomic E-state index is 12.3. The van der Waals surface area contributed by atoms with Crippen molar-refractivity contribution in [2.45, 2.75) is 138 Å². The molecule has 23 heteroatoms. The Morgan fingerprint density at radius 3 is 1.40 bits per heavy atom. The number of hydrogen-bond acceptors (Lipinski definition) is 15. The highest BCUT2D eigenvalue weighted by molar-refractivity contribution is 14.2. The molecule has 4 amide bonds. The van der Waals surface area contributed by atoms with E-state index in [0.717, 1.165) is 16.9 Å². The maximum atomic E-state index is 12.3. The van der Waals surface area contributed by atoms with Crippen LogP contribution in [0.25, 0.3) is 0 Å². The number of carbonyl (C=O) groups excluding carboxylic acids is 9. The van der Waals surface area contributed by atoms with Crippen LogP contribution in [0.1, 0.15) is 101 Å².